The number of hydrogen-bond donors (Lipinski definition) is 1. The summed E-state index contributed by atoms with van der Waals surface area (Å²) in [5.74, 6) is 1.52. The Balaban J connectivity index is 1.29. The zero-order valence-corrected chi connectivity index (χ0v) is 24.4. The minimum atomic E-state index is -0.379. The zero-order valence-electron chi connectivity index (χ0n) is 23.6. The summed E-state index contributed by atoms with van der Waals surface area (Å²) in [5, 5.41) is 8.34. The van der Waals surface area contributed by atoms with Crippen LogP contribution < -0.4 is 5.32 Å². The molecule has 0 aliphatic carbocycles. The number of hydrogen-bond acceptors (Lipinski definition) is 5. The van der Waals surface area contributed by atoms with Gasteiger partial charge in [0.05, 0.1) is 0 Å². The van der Waals surface area contributed by atoms with Crippen LogP contribution in [0.15, 0.2) is 154 Å². The first kappa shape index (κ1) is 25.0. The van der Waals surface area contributed by atoms with E-state index in [4.69, 9.17) is 14.4 Å². The fourth-order valence-electron chi connectivity index (χ4n) is 6.37. The number of thiophene rings is 1. The molecule has 0 saturated heterocycles. The molecular formula is C39H25N3OS. The molecule has 0 amide bonds. The molecule has 3 heterocycles. The molecule has 5 heteroatoms. The van der Waals surface area contributed by atoms with Crippen LogP contribution in [0.5, 0.6) is 0 Å². The third kappa shape index (κ3) is 3.98. The topological polar surface area (TPSA) is 49.9 Å². The van der Waals surface area contributed by atoms with Gasteiger partial charge in [-0.3, -0.25) is 0 Å². The van der Waals surface area contributed by atoms with Crippen LogP contribution in [0.2, 0.25) is 0 Å². The molecule has 9 rings (SSSR count). The van der Waals surface area contributed by atoms with E-state index in [0.29, 0.717) is 0 Å². The van der Waals surface area contributed by atoms with E-state index in [-0.39, 0.29) is 6.17 Å². The Kier molecular flexibility index (Phi) is 5.71. The van der Waals surface area contributed by atoms with Crippen LogP contribution in [0, 0.1) is 0 Å². The van der Waals surface area contributed by atoms with Crippen molar-refractivity contribution in [2.75, 3.05) is 0 Å². The largest absolute Gasteiger partial charge is 0.456 e. The van der Waals surface area contributed by atoms with Gasteiger partial charge in [0.25, 0.3) is 0 Å². The highest BCUT2D eigenvalue weighted by molar-refractivity contribution is 7.26. The van der Waals surface area contributed by atoms with Crippen molar-refractivity contribution < 1.29 is 4.42 Å². The summed E-state index contributed by atoms with van der Waals surface area (Å²) in [7, 11) is 0. The molecule has 0 radical (unpaired) electrons. The number of rotatable bonds is 4. The molecule has 0 bridgehead atoms. The summed E-state index contributed by atoms with van der Waals surface area (Å²) >= 11 is 1.80. The molecule has 44 heavy (non-hydrogen) atoms. The molecule has 4 nitrogen and oxygen atoms in total. The molecule has 1 atom stereocenters. The minimum Gasteiger partial charge on any atom is -0.456 e. The SMILES string of the molecule is c1ccc(C2=NC(c3cccc4c3sc3ccccc34)=NC(c3cccc4oc5cccc(-c6ccccc6)c5c34)N2)cc1. The van der Waals surface area contributed by atoms with Crippen molar-refractivity contribution in [3.63, 3.8) is 0 Å². The van der Waals surface area contributed by atoms with Crippen LogP contribution >= 0.6 is 11.3 Å². The van der Waals surface area contributed by atoms with Gasteiger partial charge in [0.2, 0.25) is 0 Å². The molecule has 1 N–H and O–H groups in total. The van der Waals surface area contributed by atoms with E-state index in [9.17, 15) is 0 Å². The summed E-state index contributed by atoms with van der Waals surface area (Å²) in [6, 6.07) is 48.4. The van der Waals surface area contributed by atoms with Gasteiger partial charge in [0.1, 0.15) is 23.2 Å². The first-order chi connectivity index (χ1) is 21.8. The van der Waals surface area contributed by atoms with Crippen molar-refractivity contribution >= 4 is 65.1 Å². The number of nitrogens with one attached hydrogen (secondary N) is 1. The van der Waals surface area contributed by atoms with Gasteiger partial charge in [-0.2, -0.15) is 0 Å². The molecule has 208 valence electrons. The standard InChI is InChI=1S/C39H25N3OS/c1-3-12-24(13-4-1)26-17-10-21-31-34(26)35-29(19-11-22-32(35)43-31)38-40-37(25-14-5-2-6-15-25)41-39(42-38)30-20-9-18-28-27-16-7-8-23-33(27)44-36(28)30/h1-23,38H,(H,40,41,42). The summed E-state index contributed by atoms with van der Waals surface area (Å²) < 4.78 is 8.91. The van der Waals surface area contributed by atoms with Crippen molar-refractivity contribution in [3.8, 4) is 11.1 Å². The maximum absolute atomic E-state index is 6.46. The van der Waals surface area contributed by atoms with Crippen molar-refractivity contribution in [2.45, 2.75) is 6.17 Å². The molecular weight excluding hydrogens is 559 g/mol. The van der Waals surface area contributed by atoms with Gasteiger partial charge >= 0.3 is 0 Å². The summed E-state index contributed by atoms with van der Waals surface area (Å²) in [6.07, 6.45) is -0.379. The predicted octanol–water partition coefficient (Wildman–Crippen LogP) is 10.1. The molecule has 2 aromatic heterocycles. The van der Waals surface area contributed by atoms with Gasteiger partial charge in [-0.15, -0.1) is 11.3 Å². The Morgan fingerprint density at radius 3 is 2.07 bits per heavy atom. The molecule has 6 aromatic carbocycles. The second kappa shape index (κ2) is 10.0. The van der Waals surface area contributed by atoms with Gasteiger partial charge in [0, 0.05) is 47.6 Å². The lowest BCUT2D eigenvalue weighted by molar-refractivity contribution is 0.662. The highest BCUT2D eigenvalue weighted by Gasteiger charge is 2.26. The molecule has 1 aliphatic rings. The Morgan fingerprint density at radius 1 is 0.568 bits per heavy atom. The Labute approximate surface area is 257 Å². The maximum atomic E-state index is 6.46. The van der Waals surface area contributed by atoms with Crippen LogP contribution in [-0.4, -0.2) is 11.7 Å². The van der Waals surface area contributed by atoms with E-state index in [1.54, 1.807) is 11.3 Å². The first-order valence-electron chi connectivity index (χ1n) is 14.7. The average molecular weight is 584 g/mol. The third-order valence-electron chi connectivity index (χ3n) is 8.37. The van der Waals surface area contributed by atoms with E-state index in [1.807, 2.05) is 36.4 Å². The fourth-order valence-corrected chi connectivity index (χ4v) is 7.59. The lowest BCUT2D eigenvalue weighted by atomic mass is 9.96. The molecule has 0 saturated carbocycles. The Bertz CT molecular complexity index is 2420. The van der Waals surface area contributed by atoms with E-state index in [2.05, 4.69) is 108 Å². The lowest BCUT2D eigenvalue weighted by Crippen LogP contribution is -2.33. The number of benzene rings is 6. The average Bonchev–Trinajstić information content (AvgIpc) is 3.67. The van der Waals surface area contributed by atoms with Crippen molar-refractivity contribution in [1.82, 2.24) is 5.32 Å². The summed E-state index contributed by atoms with van der Waals surface area (Å²) in [6.45, 7) is 0. The highest BCUT2D eigenvalue weighted by atomic mass is 32.1. The number of amidine groups is 2. The number of furan rings is 1. The molecule has 0 fully saturated rings. The van der Waals surface area contributed by atoms with E-state index in [1.165, 1.54) is 20.2 Å². The first-order valence-corrected chi connectivity index (χ1v) is 15.5. The summed E-state index contributed by atoms with van der Waals surface area (Å²) in [4.78, 5) is 10.5. The van der Waals surface area contributed by atoms with E-state index in [0.717, 1.165) is 61.4 Å². The van der Waals surface area contributed by atoms with Crippen LogP contribution in [0.1, 0.15) is 22.9 Å². The number of nitrogens with zero attached hydrogens (tertiary/aromatic N) is 2. The zero-order chi connectivity index (χ0) is 29.0. The van der Waals surface area contributed by atoms with Gasteiger partial charge < -0.3 is 9.73 Å². The van der Waals surface area contributed by atoms with Crippen molar-refractivity contribution in [2.24, 2.45) is 9.98 Å². The fraction of sp³-hybridized carbons (Fsp3) is 0.0256. The molecule has 1 aliphatic heterocycles. The van der Waals surface area contributed by atoms with Gasteiger partial charge in [0.15, 0.2) is 5.84 Å². The van der Waals surface area contributed by atoms with Crippen LogP contribution in [0.4, 0.5) is 0 Å². The van der Waals surface area contributed by atoms with Gasteiger partial charge in [-0.05, 0) is 35.4 Å². The summed E-state index contributed by atoms with van der Waals surface area (Å²) in [5.41, 5.74) is 7.10. The second-order valence-corrected chi connectivity index (χ2v) is 12.0. The number of aliphatic imine (C=N–C) groups is 2. The van der Waals surface area contributed by atoms with Gasteiger partial charge in [-0.1, -0.05) is 115 Å². The quantitative estimate of drug-likeness (QED) is 0.224. The molecule has 1 unspecified atom stereocenters. The smallest absolute Gasteiger partial charge is 0.160 e. The molecule has 0 spiro atoms. The second-order valence-electron chi connectivity index (χ2n) is 11.0. The van der Waals surface area contributed by atoms with E-state index < -0.39 is 0 Å². The number of fused-ring (bicyclic) bond motifs is 6. The van der Waals surface area contributed by atoms with Crippen molar-refractivity contribution in [3.05, 3.63) is 156 Å². The predicted molar refractivity (Wildman–Crippen MR) is 184 cm³/mol. The maximum Gasteiger partial charge on any atom is 0.160 e. The van der Waals surface area contributed by atoms with Gasteiger partial charge in [-0.25, -0.2) is 9.98 Å². The third-order valence-corrected chi connectivity index (χ3v) is 9.59. The Morgan fingerprint density at radius 2 is 1.23 bits per heavy atom. The normalized spacial score (nSPS) is 15.0. The highest BCUT2D eigenvalue weighted by Crippen LogP contribution is 2.41. The van der Waals surface area contributed by atoms with Crippen LogP contribution in [-0.2, 0) is 0 Å². The molecule has 8 aromatic rings. The van der Waals surface area contributed by atoms with Crippen LogP contribution in [0.25, 0.3) is 53.2 Å². The lowest BCUT2D eigenvalue weighted by Gasteiger charge is -2.24. The Hall–Kier alpha value is -5.52. The van der Waals surface area contributed by atoms with Crippen LogP contribution in [0.3, 0.4) is 0 Å². The van der Waals surface area contributed by atoms with E-state index >= 15 is 0 Å². The minimum absolute atomic E-state index is 0.379. The van der Waals surface area contributed by atoms with Crippen molar-refractivity contribution in [1.29, 1.82) is 0 Å². The monoisotopic (exact) mass is 583 g/mol.